The van der Waals surface area contributed by atoms with Crippen molar-refractivity contribution in [3.05, 3.63) is 20.0 Å². The molecule has 16 nitrogen and oxygen atoms in total. The summed E-state index contributed by atoms with van der Waals surface area (Å²) in [5, 5.41) is 44.3. The molecule has 0 aliphatic heterocycles. The molecule has 0 aromatic heterocycles. The Bertz CT molecular complexity index is 626. The van der Waals surface area contributed by atoms with E-state index in [4.69, 9.17) is 39.5 Å². The number of aliphatic carboxylic acids is 5. The fraction of sp³-hybridized carbons (Fsp3) is 0.579. The van der Waals surface area contributed by atoms with E-state index in [1.54, 1.807) is 4.90 Å². The average molecular weight is 604 g/mol. The Morgan fingerprint density at radius 3 is 0.944 bits per heavy atom. The van der Waals surface area contributed by atoms with Crippen molar-refractivity contribution in [3.63, 3.8) is 0 Å². The van der Waals surface area contributed by atoms with Gasteiger partial charge in [-0.05, 0) is 13.0 Å². The summed E-state index contributed by atoms with van der Waals surface area (Å²) >= 11 is 0. The molecule has 36 heavy (non-hydrogen) atoms. The molecular weight excluding hydrogens is 577 g/mol. The van der Waals surface area contributed by atoms with Crippen LogP contribution in [0.2, 0.25) is 0 Å². The molecule has 1 radical (unpaired) electrons. The van der Waals surface area contributed by atoms with Crippen LogP contribution in [0.1, 0.15) is 12.8 Å². The van der Waals surface area contributed by atoms with Gasteiger partial charge in [0.15, 0.2) is 0 Å². The summed E-state index contributed by atoms with van der Waals surface area (Å²) in [6, 6.07) is 0. The minimum absolute atomic E-state index is 0. The number of carbonyl (C=O) groups is 5. The molecule has 0 atom stereocenters. The van der Waals surface area contributed by atoms with E-state index in [1.807, 2.05) is 0 Å². The molecule has 0 aliphatic carbocycles. The Labute approximate surface area is 220 Å². The molecule has 5 N–H and O–H groups in total. The number of carboxylic acid groups (broad SMARTS) is 5. The van der Waals surface area contributed by atoms with E-state index >= 15 is 0 Å². The second-order valence-electron chi connectivity index (χ2n) is 6.34. The van der Waals surface area contributed by atoms with E-state index in [0.29, 0.717) is 0 Å². The molecule has 0 spiro atoms. The maximum atomic E-state index is 10.9. The number of nitrogens with zero attached hydrogens (tertiary/aromatic N) is 3. The molecule has 0 rings (SSSR count). The Morgan fingerprint density at radius 2 is 0.722 bits per heavy atom. The van der Waals surface area contributed by atoms with Gasteiger partial charge in [0, 0.05) is 52.7 Å². The van der Waals surface area contributed by atoms with Crippen molar-refractivity contribution < 1.29 is 83.6 Å². The maximum absolute atomic E-state index is 10.9. The van der Waals surface area contributed by atoms with Gasteiger partial charge in [-0.15, -0.1) is 0 Å². The van der Waals surface area contributed by atoms with Gasteiger partial charge in [-0.1, -0.05) is 0 Å². The van der Waals surface area contributed by atoms with Crippen molar-refractivity contribution in [2.24, 2.45) is 0 Å². The predicted octanol–water partition coefficient (Wildman–Crippen LogP) is -2.02. The van der Waals surface area contributed by atoms with Gasteiger partial charge in [-0.2, -0.15) is 0 Å². The standard InChI is InChI=1S/C16H27N3O10.3CO.Tc/c20-12(21)2-1-3-17(4-6-18(8-13(22)23)9-14(24)25)5-7-19(10-15(26)27)11-16(28)29;3*1-2;/h1-11H2,(H,20,21)(H,22,23)(H,24,25)(H,26,27)(H,28,29);;;;/i;;;;1+1. The van der Waals surface area contributed by atoms with E-state index in [-0.39, 0.29) is 65.7 Å². The molecular formula is C19H27N3O13Tc. The van der Waals surface area contributed by atoms with Crippen LogP contribution in [-0.2, 0) is 58.0 Å². The van der Waals surface area contributed by atoms with E-state index in [0.717, 1.165) is 0 Å². The molecule has 203 valence electrons. The second-order valence-corrected chi connectivity index (χ2v) is 6.34. The summed E-state index contributed by atoms with van der Waals surface area (Å²) in [5.74, 6) is -5.78. The van der Waals surface area contributed by atoms with Crippen molar-refractivity contribution in [2.45, 2.75) is 12.8 Å². The third-order valence-corrected chi connectivity index (χ3v) is 3.77. The van der Waals surface area contributed by atoms with Gasteiger partial charge < -0.3 is 30.4 Å². The summed E-state index contributed by atoms with van der Waals surface area (Å²) in [7, 11) is 0. The number of carboxylic acids is 5. The zero-order chi connectivity index (χ0) is 28.4. The molecule has 0 amide bonds. The van der Waals surface area contributed by atoms with Gasteiger partial charge in [0.2, 0.25) is 0 Å². The number of rotatable bonds is 18. The third kappa shape index (κ3) is 33.3. The van der Waals surface area contributed by atoms with Crippen LogP contribution in [0.25, 0.3) is 0 Å². The molecule has 0 bridgehead atoms. The zero-order valence-electron chi connectivity index (χ0n) is 19.0. The van der Waals surface area contributed by atoms with Crippen molar-refractivity contribution in [3.8, 4) is 0 Å². The fourth-order valence-corrected chi connectivity index (χ4v) is 2.55. The fourth-order valence-electron chi connectivity index (χ4n) is 2.55. The van der Waals surface area contributed by atoms with Gasteiger partial charge in [-0.25, -0.2) is 0 Å². The van der Waals surface area contributed by atoms with E-state index in [9.17, 15) is 24.0 Å². The zero-order valence-corrected chi connectivity index (χ0v) is 20.9. The first-order chi connectivity index (χ1) is 16.5. The van der Waals surface area contributed by atoms with Crippen molar-refractivity contribution in [1.82, 2.24) is 14.7 Å². The number of hydrogen-bond donors (Lipinski definition) is 5. The molecule has 0 saturated heterocycles. The quantitative estimate of drug-likeness (QED) is 0.0837. The molecule has 0 unspecified atom stereocenters. The predicted molar refractivity (Wildman–Crippen MR) is 109 cm³/mol. The Hall–Kier alpha value is -2.90. The molecule has 0 aliphatic rings. The van der Waals surface area contributed by atoms with E-state index in [2.05, 4.69) is 20.0 Å². The Balaban J connectivity index is -0.000000422. The minimum atomic E-state index is -1.20. The third-order valence-electron chi connectivity index (χ3n) is 3.77. The Morgan fingerprint density at radius 1 is 0.472 bits per heavy atom. The van der Waals surface area contributed by atoms with Crippen molar-refractivity contribution in [2.75, 3.05) is 58.9 Å². The molecule has 0 aromatic rings. The van der Waals surface area contributed by atoms with Crippen LogP contribution in [0.4, 0.5) is 0 Å². The van der Waals surface area contributed by atoms with Crippen molar-refractivity contribution in [1.29, 1.82) is 0 Å². The van der Waals surface area contributed by atoms with Gasteiger partial charge in [0.25, 0.3) is 0 Å². The summed E-state index contributed by atoms with van der Waals surface area (Å²) in [6.07, 6.45) is 0.156. The molecule has 17 heteroatoms. The molecule has 0 heterocycles. The van der Waals surface area contributed by atoms with Gasteiger partial charge in [-0.3, -0.25) is 33.8 Å². The first-order valence-electron chi connectivity index (χ1n) is 9.36. The molecule has 0 aromatic carbocycles. The summed E-state index contributed by atoms with van der Waals surface area (Å²) < 4.78 is 22.5. The van der Waals surface area contributed by atoms with Crippen LogP contribution in [-0.4, -0.2) is 129 Å². The van der Waals surface area contributed by atoms with Crippen LogP contribution in [0.3, 0.4) is 0 Å². The second kappa shape index (κ2) is 30.1. The molecule has 0 fully saturated rings. The first kappa shape index (κ1) is 43.2. The normalized spacial score (nSPS) is 9.14. The summed E-state index contributed by atoms with van der Waals surface area (Å²) in [4.78, 5) is 58.3. The summed E-state index contributed by atoms with van der Waals surface area (Å²) in [6.45, 7) is 12.4. The monoisotopic (exact) mass is 604 g/mol. The van der Waals surface area contributed by atoms with Crippen LogP contribution in [0.5, 0.6) is 0 Å². The Kier molecular flexibility index (Phi) is 36.2. The van der Waals surface area contributed by atoms with Crippen LogP contribution in [0, 0.1) is 20.0 Å². The van der Waals surface area contributed by atoms with Crippen LogP contribution >= 0.6 is 0 Å². The van der Waals surface area contributed by atoms with E-state index in [1.165, 1.54) is 9.80 Å². The molecule has 0 saturated carbocycles. The van der Waals surface area contributed by atoms with Gasteiger partial charge >= 0.3 is 63.8 Å². The number of hydrogen-bond acceptors (Lipinski definition) is 8. The SMILES string of the molecule is O=C(O)CCCN(CCN(CC(=O)O)CC(=O)O)CCN(CC(=O)O)CC(=O)O.[99Tc].[C-]#[O+].[C-]#[O+].[C-]#[O+]. The topological polar surface area (TPSA) is 256 Å². The van der Waals surface area contributed by atoms with Crippen molar-refractivity contribution >= 4 is 29.8 Å². The average Bonchev–Trinajstić information content (AvgIpc) is 2.77. The van der Waals surface area contributed by atoms with Crippen LogP contribution in [0.15, 0.2) is 0 Å². The van der Waals surface area contributed by atoms with Gasteiger partial charge in [0.05, 0.1) is 26.2 Å². The first-order valence-corrected chi connectivity index (χ1v) is 9.36. The van der Waals surface area contributed by atoms with E-state index < -0.39 is 56.0 Å². The van der Waals surface area contributed by atoms with Crippen LogP contribution < -0.4 is 0 Å². The van der Waals surface area contributed by atoms with Gasteiger partial charge in [0.1, 0.15) is 0 Å². The summed E-state index contributed by atoms with van der Waals surface area (Å²) in [5.41, 5.74) is 0.